The van der Waals surface area contributed by atoms with Crippen LogP contribution in [-0.4, -0.2) is 60.8 Å². The van der Waals surface area contributed by atoms with Crippen LogP contribution in [0.1, 0.15) is 20.7 Å². The van der Waals surface area contributed by atoms with Gasteiger partial charge in [-0.3, -0.25) is 0 Å². The molecule has 2 aliphatic rings. The van der Waals surface area contributed by atoms with Gasteiger partial charge >= 0.3 is 11.9 Å². The summed E-state index contributed by atoms with van der Waals surface area (Å²) in [5, 5.41) is 11.8. The van der Waals surface area contributed by atoms with Gasteiger partial charge in [-0.05, 0) is 70.1 Å². The summed E-state index contributed by atoms with van der Waals surface area (Å²) >= 11 is 0. The van der Waals surface area contributed by atoms with E-state index in [1.165, 1.54) is 0 Å². The maximum absolute atomic E-state index is 12.3. The van der Waals surface area contributed by atoms with Crippen LogP contribution >= 0.6 is 0 Å². The number of fused-ring (bicyclic) bond motifs is 2. The van der Waals surface area contributed by atoms with Crippen molar-refractivity contribution in [2.24, 2.45) is 0 Å². The summed E-state index contributed by atoms with van der Waals surface area (Å²) in [6.07, 6.45) is 0.0521. The zero-order chi connectivity index (χ0) is 28.5. The van der Waals surface area contributed by atoms with Crippen molar-refractivity contribution in [2.45, 2.75) is 12.2 Å². The lowest BCUT2D eigenvalue weighted by atomic mass is 10.1. The first-order valence-corrected chi connectivity index (χ1v) is 13.4. The summed E-state index contributed by atoms with van der Waals surface area (Å²) in [4.78, 5) is 24.5. The zero-order valence-electron chi connectivity index (χ0n) is 22.2. The van der Waals surface area contributed by atoms with Gasteiger partial charge in [-0.1, -0.05) is 24.3 Å². The van der Waals surface area contributed by atoms with Gasteiger partial charge in [0.05, 0.1) is 24.3 Å². The number of nitrogens with zero attached hydrogens (tertiary/aromatic N) is 2. The Morgan fingerprint density at radius 3 is 1.40 bits per heavy atom. The van der Waals surface area contributed by atoms with E-state index in [1.807, 2.05) is 36.4 Å². The van der Waals surface area contributed by atoms with E-state index in [2.05, 4.69) is 10.2 Å². The number of carbonyl (C=O) groups excluding carboxylic acids is 2. The highest BCUT2D eigenvalue weighted by Crippen LogP contribution is 2.28. The van der Waals surface area contributed by atoms with Crippen molar-refractivity contribution in [1.82, 2.24) is 10.2 Å². The molecule has 0 bridgehead atoms. The third-order valence-electron chi connectivity index (χ3n) is 6.76. The molecule has 4 aromatic carbocycles. The fourth-order valence-corrected chi connectivity index (χ4v) is 4.32. The van der Waals surface area contributed by atoms with Crippen LogP contribution in [-0.2, 0) is 18.9 Å². The van der Waals surface area contributed by atoms with E-state index in [1.54, 1.807) is 48.5 Å². The molecule has 10 nitrogen and oxygen atoms in total. The Morgan fingerprint density at radius 1 is 0.595 bits per heavy atom. The number of hydrogen-bond acceptors (Lipinski definition) is 10. The van der Waals surface area contributed by atoms with E-state index in [0.29, 0.717) is 47.6 Å². The topological polar surface area (TPSA) is 122 Å². The van der Waals surface area contributed by atoms with Crippen LogP contribution in [0, 0.1) is 0 Å². The summed E-state index contributed by atoms with van der Waals surface area (Å²) in [6.45, 7) is 1.82. The van der Waals surface area contributed by atoms with Crippen LogP contribution in [0.5, 0.6) is 23.3 Å². The Hall–Kier alpha value is -5.06. The molecule has 0 N–H and O–H groups in total. The smallest absolute Gasteiger partial charge is 0.338 e. The van der Waals surface area contributed by atoms with Crippen molar-refractivity contribution in [3.63, 3.8) is 0 Å². The third kappa shape index (κ3) is 6.14. The van der Waals surface area contributed by atoms with Crippen molar-refractivity contribution < 1.29 is 38.0 Å². The fraction of sp³-hybridized carbons (Fsp3) is 0.188. The van der Waals surface area contributed by atoms with Crippen molar-refractivity contribution in [3.05, 3.63) is 96.1 Å². The second-order valence-electron chi connectivity index (χ2n) is 9.97. The fourth-order valence-electron chi connectivity index (χ4n) is 4.32. The molecule has 1 aromatic heterocycles. The molecular weight excluding hydrogens is 540 g/mol. The molecule has 0 radical (unpaired) electrons. The van der Waals surface area contributed by atoms with Crippen LogP contribution in [0.25, 0.3) is 21.5 Å². The lowest BCUT2D eigenvalue weighted by molar-refractivity contribution is 0.0469. The monoisotopic (exact) mass is 564 g/mol. The van der Waals surface area contributed by atoms with Gasteiger partial charge in [0, 0.05) is 12.1 Å². The van der Waals surface area contributed by atoms with Crippen LogP contribution in [0.15, 0.2) is 84.9 Å². The molecule has 42 heavy (non-hydrogen) atoms. The first-order chi connectivity index (χ1) is 20.6. The highest BCUT2D eigenvalue weighted by molar-refractivity contribution is 5.96. The maximum Gasteiger partial charge on any atom is 0.338 e. The highest BCUT2D eigenvalue weighted by atomic mass is 16.6. The van der Waals surface area contributed by atoms with Crippen LogP contribution < -0.4 is 9.47 Å². The first kappa shape index (κ1) is 25.9. The molecule has 0 saturated carbocycles. The SMILES string of the molecule is O=C(OCC1CO1)c1ccc2cc(Oc3ccc(Oc4ccc5cc(C(=O)OCC6CO6)ccc5c4)nn3)ccc2c1. The van der Waals surface area contributed by atoms with E-state index in [0.717, 1.165) is 21.5 Å². The number of carbonyl (C=O) groups is 2. The van der Waals surface area contributed by atoms with E-state index in [-0.39, 0.29) is 37.4 Å². The maximum atomic E-state index is 12.3. The lowest BCUT2D eigenvalue weighted by Gasteiger charge is -2.09. The van der Waals surface area contributed by atoms with Gasteiger partial charge in [-0.2, -0.15) is 0 Å². The van der Waals surface area contributed by atoms with Crippen LogP contribution in [0.4, 0.5) is 0 Å². The molecule has 0 amide bonds. The van der Waals surface area contributed by atoms with Gasteiger partial charge in [0.15, 0.2) is 0 Å². The van der Waals surface area contributed by atoms with Crippen LogP contribution in [0.3, 0.4) is 0 Å². The van der Waals surface area contributed by atoms with Gasteiger partial charge in [-0.15, -0.1) is 10.2 Å². The molecule has 2 aliphatic heterocycles. The minimum Gasteiger partial charge on any atom is -0.459 e. The molecule has 2 unspecified atom stereocenters. The van der Waals surface area contributed by atoms with Gasteiger partial charge in [0.2, 0.25) is 11.8 Å². The Kier molecular flexibility index (Phi) is 6.82. The standard InChI is InChI=1S/C32H24N2O8/c35-31(39-17-27-15-37-27)23-3-1-21-13-25(7-5-19(21)11-23)41-29-9-10-30(34-33-29)42-26-8-6-20-12-24(4-2-22(20)14-26)32(36)40-18-28-16-38-28/h1-14,27-28H,15-18H2. The largest absolute Gasteiger partial charge is 0.459 e. The molecule has 210 valence electrons. The second kappa shape index (κ2) is 11.1. The molecule has 5 aromatic rings. The van der Waals surface area contributed by atoms with E-state index >= 15 is 0 Å². The molecule has 2 saturated heterocycles. The molecule has 10 heteroatoms. The number of epoxide rings is 2. The van der Waals surface area contributed by atoms with Gasteiger partial charge in [0.25, 0.3) is 0 Å². The lowest BCUT2D eigenvalue weighted by Crippen LogP contribution is -2.09. The summed E-state index contributed by atoms with van der Waals surface area (Å²) in [5.74, 6) is 1.00. The van der Waals surface area contributed by atoms with Gasteiger partial charge in [0.1, 0.15) is 36.9 Å². The zero-order valence-corrected chi connectivity index (χ0v) is 22.2. The Balaban J connectivity index is 0.975. The third-order valence-corrected chi connectivity index (χ3v) is 6.76. The minimum absolute atomic E-state index is 0.0261. The molecule has 2 fully saturated rings. The summed E-state index contributed by atoms with van der Waals surface area (Å²) in [6, 6.07) is 25.1. The molecule has 0 spiro atoms. The first-order valence-electron chi connectivity index (χ1n) is 13.4. The predicted octanol–water partition coefficient (Wildman–Crippen LogP) is 5.48. The summed E-state index contributed by atoms with van der Waals surface area (Å²) < 4.78 is 32.4. The minimum atomic E-state index is -0.375. The Morgan fingerprint density at radius 2 is 1.00 bits per heavy atom. The molecule has 2 atom stereocenters. The predicted molar refractivity (Wildman–Crippen MR) is 150 cm³/mol. The van der Waals surface area contributed by atoms with Crippen molar-refractivity contribution in [1.29, 1.82) is 0 Å². The number of aromatic nitrogens is 2. The number of esters is 2. The van der Waals surface area contributed by atoms with Gasteiger partial charge < -0.3 is 28.4 Å². The Labute approximate surface area is 239 Å². The summed E-state index contributed by atoms with van der Waals surface area (Å²) in [5.41, 5.74) is 0.961. The molecule has 3 heterocycles. The average molecular weight is 565 g/mol. The molecular formula is C32H24N2O8. The van der Waals surface area contributed by atoms with Gasteiger partial charge in [-0.25, -0.2) is 9.59 Å². The number of benzene rings is 4. The average Bonchev–Trinajstić information content (AvgIpc) is 3.95. The van der Waals surface area contributed by atoms with E-state index in [9.17, 15) is 9.59 Å². The normalized spacial score (nSPS) is 17.0. The van der Waals surface area contributed by atoms with Crippen molar-refractivity contribution >= 4 is 33.5 Å². The Bertz CT molecular complexity index is 1670. The van der Waals surface area contributed by atoms with E-state index in [4.69, 9.17) is 28.4 Å². The molecule has 0 aliphatic carbocycles. The quantitative estimate of drug-likeness (QED) is 0.159. The second-order valence-corrected chi connectivity index (χ2v) is 9.97. The van der Waals surface area contributed by atoms with Crippen LogP contribution in [0.2, 0.25) is 0 Å². The van der Waals surface area contributed by atoms with Crippen molar-refractivity contribution in [3.8, 4) is 23.3 Å². The van der Waals surface area contributed by atoms with E-state index < -0.39 is 0 Å². The number of rotatable bonds is 10. The summed E-state index contributed by atoms with van der Waals surface area (Å²) in [7, 11) is 0. The molecule has 7 rings (SSSR count). The van der Waals surface area contributed by atoms with Crippen molar-refractivity contribution in [2.75, 3.05) is 26.4 Å². The number of ether oxygens (including phenoxy) is 6. The number of hydrogen-bond donors (Lipinski definition) is 0. The highest BCUT2D eigenvalue weighted by Gasteiger charge is 2.25.